The summed E-state index contributed by atoms with van der Waals surface area (Å²) >= 11 is 5.85. The second kappa shape index (κ2) is 12.6. The fourth-order valence-corrected chi connectivity index (χ4v) is 4.26. The molecule has 0 heterocycles. The summed E-state index contributed by atoms with van der Waals surface area (Å²) in [4.78, 5) is 0. The van der Waals surface area contributed by atoms with Gasteiger partial charge in [-0.2, -0.15) is 0 Å². The first-order valence-corrected chi connectivity index (χ1v) is 11.7. The lowest BCUT2D eigenvalue weighted by Crippen LogP contribution is -2.50. The molecular weight excluding hydrogens is 420 g/mol. The summed E-state index contributed by atoms with van der Waals surface area (Å²) in [5, 5.41) is 7.81. The lowest BCUT2D eigenvalue weighted by Gasteiger charge is -2.37. The molecule has 0 radical (unpaired) electrons. The van der Waals surface area contributed by atoms with Crippen molar-refractivity contribution in [1.82, 2.24) is 10.6 Å². The molecule has 3 aromatic carbocycles. The van der Waals surface area contributed by atoms with E-state index in [9.17, 15) is 0 Å². The average Bonchev–Trinajstić information content (AvgIpc) is 2.87. The first-order valence-electron chi connectivity index (χ1n) is 11.3. The van der Waals surface area contributed by atoms with E-state index in [0.717, 1.165) is 12.8 Å². The highest BCUT2D eigenvalue weighted by atomic mass is 32.1. The molecule has 0 aliphatic rings. The van der Waals surface area contributed by atoms with Gasteiger partial charge < -0.3 is 10.6 Å². The molecule has 0 aliphatic carbocycles. The molecule has 1 unspecified atom stereocenters. The lowest BCUT2D eigenvalue weighted by molar-refractivity contribution is 0.474. The predicted molar refractivity (Wildman–Crippen MR) is 145 cm³/mol. The quantitative estimate of drug-likeness (QED) is 0.193. The molecule has 0 fully saturated rings. The van der Waals surface area contributed by atoms with E-state index in [1.165, 1.54) is 16.7 Å². The first kappa shape index (κ1) is 24.2. The van der Waals surface area contributed by atoms with Crippen molar-refractivity contribution < 1.29 is 0 Å². The molecule has 2 N–H and O–H groups in total. The predicted octanol–water partition coefficient (Wildman–Crippen LogP) is 7.23. The van der Waals surface area contributed by atoms with Gasteiger partial charge in [0.05, 0.1) is 11.6 Å². The van der Waals surface area contributed by atoms with Gasteiger partial charge in [-0.05, 0) is 48.7 Å². The van der Waals surface area contributed by atoms with Crippen molar-refractivity contribution in [2.45, 2.75) is 31.3 Å². The van der Waals surface area contributed by atoms with Crippen molar-refractivity contribution in [3.05, 3.63) is 145 Å². The highest BCUT2D eigenvalue weighted by Gasteiger charge is 2.34. The fourth-order valence-electron chi connectivity index (χ4n) is 3.90. The Morgan fingerprint density at radius 2 is 1.39 bits per heavy atom. The number of benzene rings is 3. The molecule has 3 rings (SSSR count). The third kappa shape index (κ3) is 6.77. The fraction of sp³-hybridized carbons (Fsp3) is 0.167. The van der Waals surface area contributed by atoms with Crippen molar-refractivity contribution >= 4 is 17.3 Å². The molecule has 2 nitrogen and oxygen atoms in total. The largest absolute Gasteiger partial charge is 0.356 e. The third-order valence-corrected chi connectivity index (χ3v) is 5.86. The maximum absolute atomic E-state index is 5.85. The van der Waals surface area contributed by atoms with Gasteiger partial charge >= 0.3 is 0 Å². The molecule has 3 aromatic rings. The van der Waals surface area contributed by atoms with Crippen LogP contribution in [0.4, 0.5) is 0 Å². The zero-order chi connectivity index (χ0) is 23.4. The topological polar surface area (TPSA) is 24.1 Å². The first-order chi connectivity index (χ1) is 16.2. The number of rotatable bonds is 10. The number of nitrogens with one attached hydrogen (secondary N) is 2. The highest BCUT2D eigenvalue weighted by molar-refractivity contribution is 7.80. The van der Waals surface area contributed by atoms with E-state index >= 15 is 0 Å². The molecule has 0 aromatic heterocycles. The Morgan fingerprint density at radius 3 is 1.94 bits per heavy atom. The summed E-state index contributed by atoms with van der Waals surface area (Å²) < 4.78 is 0. The summed E-state index contributed by atoms with van der Waals surface area (Å²) in [5.74, 6) is 0. The van der Waals surface area contributed by atoms with E-state index in [4.69, 9.17) is 12.2 Å². The van der Waals surface area contributed by atoms with Gasteiger partial charge in [-0.3, -0.25) is 0 Å². The molecule has 0 saturated heterocycles. The van der Waals surface area contributed by atoms with Crippen LogP contribution in [0, 0.1) is 0 Å². The van der Waals surface area contributed by atoms with E-state index in [2.05, 4.69) is 103 Å². The maximum Gasteiger partial charge on any atom is 0.167 e. The van der Waals surface area contributed by atoms with Gasteiger partial charge in [0.2, 0.25) is 0 Å². The minimum Gasteiger partial charge on any atom is -0.356 e. The van der Waals surface area contributed by atoms with Crippen LogP contribution in [0.25, 0.3) is 0 Å². The standard InChI is InChI=1S/C30H32N2S/c1-3-4-5-6-7-17-24-30(27-20-13-9-14-21-27,28-22-15-10-16-23-28)32-29(33)31-25(2)26-18-11-8-12-19-26/h3-5,7-23,25H,1,6,24H2,2H3,(H2,31,32,33)/b5-4-,17-7-. The second-order valence-electron chi connectivity index (χ2n) is 7.94. The van der Waals surface area contributed by atoms with Crippen molar-refractivity contribution in [1.29, 1.82) is 0 Å². The lowest BCUT2D eigenvalue weighted by atomic mass is 9.80. The molecule has 0 spiro atoms. The van der Waals surface area contributed by atoms with Crippen LogP contribution in [0.2, 0.25) is 0 Å². The van der Waals surface area contributed by atoms with E-state index in [1.807, 2.05) is 36.4 Å². The molecule has 33 heavy (non-hydrogen) atoms. The Hall–Kier alpha value is -3.43. The maximum atomic E-state index is 5.85. The van der Waals surface area contributed by atoms with E-state index in [1.54, 1.807) is 6.08 Å². The van der Waals surface area contributed by atoms with Crippen LogP contribution < -0.4 is 10.6 Å². The smallest absolute Gasteiger partial charge is 0.167 e. The summed E-state index contributed by atoms with van der Waals surface area (Å²) in [6.07, 6.45) is 11.9. The zero-order valence-corrected chi connectivity index (χ0v) is 20.0. The number of hydrogen-bond acceptors (Lipinski definition) is 1. The minimum absolute atomic E-state index is 0.0926. The van der Waals surface area contributed by atoms with Crippen LogP contribution in [0.15, 0.2) is 128 Å². The van der Waals surface area contributed by atoms with Gasteiger partial charge in [-0.25, -0.2) is 0 Å². The molecule has 0 amide bonds. The summed E-state index contributed by atoms with van der Waals surface area (Å²) in [6, 6.07) is 31.5. The molecule has 0 bridgehead atoms. The minimum atomic E-state index is -0.498. The summed E-state index contributed by atoms with van der Waals surface area (Å²) in [5.41, 5.74) is 3.03. The number of hydrogen-bond donors (Lipinski definition) is 2. The van der Waals surface area contributed by atoms with E-state index in [0.29, 0.717) is 5.11 Å². The van der Waals surface area contributed by atoms with Gasteiger partial charge in [0.1, 0.15) is 0 Å². The SMILES string of the molecule is C=C/C=C\C/C=C\CC(NC(=S)NC(C)c1ccccc1)(c1ccccc1)c1ccccc1. The Bertz CT molecular complexity index is 1020. The summed E-state index contributed by atoms with van der Waals surface area (Å²) in [6.45, 7) is 5.86. The molecule has 1 atom stereocenters. The third-order valence-electron chi connectivity index (χ3n) is 5.64. The van der Waals surface area contributed by atoms with E-state index in [-0.39, 0.29) is 6.04 Å². The monoisotopic (exact) mass is 452 g/mol. The Kier molecular flexibility index (Phi) is 9.22. The average molecular weight is 453 g/mol. The molecule has 0 aliphatic heterocycles. The van der Waals surface area contributed by atoms with Gasteiger partial charge in [-0.15, -0.1) is 0 Å². The van der Waals surface area contributed by atoms with Crippen molar-refractivity contribution in [2.75, 3.05) is 0 Å². The number of thiocarbonyl (C=S) groups is 1. The zero-order valence-electron chi connectivity index (χ0n) is 19.2. The molecular formula is C30H32N2S. The van der Waals surface area contributed by atoms with Crippen molar-refractivity contribution in [3.8, 4) is 0 Å². The van der Waals surface area contributed by atoms with Crippen LogP contribution in [0.1, 0.15) is 42.5 Å². The van der Waals surface area contributed by atoms with Crippen LogP contribution in [-0.2, 0) is 5.54 Å². The van der Waals surface area contributed by atoms with Crippen LogP contribution >= 0.6 is 12.2 Å². The van der Waals surface area contributed by atoms with Crippen molar-refractivity contribution in [2.24, 2.45) is 0 Å². The van der Waals surface area contributed by atoms with E-state index < -0.39 is 5.54 Å². The molecule has 0 saturated carbocycles. The molecule has 168 valence electrons. The van der Waals surface area contributed by atoms with Gasteiger partial charge in [0.15, 0.2) is 5.11 Å². The van der Waals surface area contributed by atoms with Gasteiger partial charge in [-0.1, -0.05) is 128 Å². The Morgan fingerprint density at radius 1 is 0.848 bits per heavy atom. The highest BCUT2D eigenvalue weighted by Crippen LogP contribution is 2.34. The summed E-state index contributed by atoms with van der Waals surface area (Å²) in [7, 11) is 0. The Labute approximate surface area is 203 Å². The van der Waals surface area contributed by atoms with Crippen LogP contribution in [0.5, 0.6) is 0 Å². The van der Waals surface area contributed by atoms with Gasteiger partial charge in [0.25, 0.3) is 0 Å². The molecule has 3 heteroatoms. The number of allylic oxidation sites excluding steroid dienone is 4. The van der Waals surface area contributed by atoms with Crippen molar-refractivity contribution in [3.63, 3.8) is 0 Å². The normalized spacial score (nSPS) is 12.5. The Balaban J connectivity index is 1.93. The van der Waals surface area contributed by atoms with Crippen LogP contribution in [0.3, 0.4) is 0 Å². The van der Waals surface area contributed by atoms with Gasteiger partial charge in [0, 0.05) is 0 Å². The second-order valence-corrected chi connectivity index (χ2v) is 8.35. The van der Waals surface area contributed by atoms with Crippen LogP contribution in [-0.4, -0.2) is 5.11 Å².